The summed E-state index contributed by atoms with van der Waals surface area (Å²) in [5.74, 6) is -0.715. The summed E-state index contributed by atoms with van der Waals surface area (Å²) in [6, 6.07) is 5.92. The van der Waals surface area contributed by atoms with Crippen molar-refractivity contribution in [2.45, 2.75) is 118 Å². The molecule has 0 radical (unpaired) electrons. The van der Waals surface area contributed by atoms with Gasteiger partial charge in [0.1, 0.15) is 17.7 Å². The number of carbonyl (C=O) groups excluding carboxylic acids is 3. The monoisotopic (exact) mass is 543 g/mol. The summed E-state index contributed by atoms with van der Waals surface area (Å²) in [5, 5.41) is 5.83. The summed E-state index contributed by atoms with van der Waals surface area (Å²) in [6.45, 7) is 18.2. The fourth-order valence-corrected chi connectivity index (χ4v) is 4.37. The quantitative estimate of drug-likeness (QED) is 0.207. The summed E-state index contributed by atoms with van der Waals surface area (Å²) >= 11 is 0. The maximum absolute atomic E-state index is 14.2. The Morgan fingerprint density at radius 1 is 1.00 bits per heavy atom. The molecule has 0 bridgehead atoms. The molecule has 0 aliphatic rings. The molecule has 0 heterocycles. The number of ether oxygens (including phenoxy) is 1. The predicted molar refractivity (Wildman–Crippen MR) is 160 cm³/mol. The smallest absolute Gasteiger partial charge is 0.408 e. The zero-order chi connectivity index (χ0) is 29.4. The second-order valence-corrected chi connectivity index (χ2v) is 11.6. The van der Waals surface area contributed by atoms with Crippen LogP contribution in [0.5, 0.6) is 0 Å². The maximum Gasteiger partial charge on any atom is 0.408 e. The zero-order valence-corrected chi connectivity index (χ0v) is 25.5. The first-order valence-electron chi connectivity index (χ1n) is 14.7. The molecule has 2 N–H and O–H groups in total. The Morgan fingerprint density at radius 2 is 1.64 bits per heavy atom. The van der Waals surface area contributed by atoms with Crippen LogP contribution in [0.15, 0.2) is 30.8 Å². The van der Waals surface area contributed by atoms with Gasteiger partial charge in [-0.25, -0.2) is 4.79 Å². The molecule has 0 saturated carbocycles. The number of unbranched alkanes of at least 4 members (excludes halogenated alkanes) is 6. The van der Waals surface area contributed by atoms with E-state index in [9.17, 15) is 14.4 Å². The molecule has 1 rings (SSSR count). The minimum absolute atomic E-state index is 0.208. The van der Waals surface area contributed by atoms with Gasteiger partial charge in [0.2, 0.25) is 11.8 Å². The van der Waals surface area contributed by atoms with Crippen molar-refractivity contribution in [1.29, 1.82) is 0 Å². The van der Waals surface area contributed by atoms with Crippen LogP contribution in [0, 0.1) is 5.92 Å². The number of alkyl carbamates (subject to hydrolysis) is 1. The molecule has 7 heteroatoms. The lowest BCUT2D eigenvalue weighted by atomic mass is 9.97. The van der Waals surface area contributed by atoms with Gasteiger partial charge in [-0.1, -0.05) is 97.1 Å². The van der Waals surface area contributed by atoms with Crippen molar-refractivity contribution in [3.8, 4) is 0 Å². The number of hydrogen-bond acceptors (Lipinski definition) is 4. The van der Waals surface area contributed by atoms with Crippen LogP contribution in [-0.4, -0.2) is 47.5 Å². The van der Waals surface area contributed by atoms with Crippen LogP contribution in [0.2, 0.25) is 0 Å². The van der Waals surface area contributed by atoms with Gasteiger partial charge in [-0.15, -0.1) is 0 Å². The summed E-state index contributed by atoms with van der Waals surface area (Å²) in [5.41, 5.74) is 0.901. The van der Waals surface area contributed by atoms with Crippen molar-refractivity contribution in [3.63, 3.8) is 0 Å². The van der Waals surface area contributed by atoms with Crippen molar-refractivity contribution >= 4 is 24.0 Å². The highest BCUT2D eigenvalue weighted by Crippen LogP contribution is 2.26. The van der Waals surface area contributed by atoms with E-state index < -0.39 is 23.8 Å². The average molecular weight is 544 g/mol. The minimum atomic E-state index is -0.839. The normalized spacial score (nSPS) is 12.9. The third-order valence-electron chi connectivity index (χ3n) is 6.49. The minimum Gasteiger partial charge on any atom is -0.444 e. The second kappa shape index (κ2) is 17.7. The largest absolute Gasteiger partial charge is 0.444 e. The van der Waals surface area contributed by atoms with Crippen molar-refractivity contribution in [1.82, 2.24) is 15.5 Å². The Balaban J connectivity index is 3.43. The van der Waals surface area contributed by atoms with Gasteiger partial charge in [0.25, 0.3) is 0 Å². The molecule has 0 fully saturated rings. The number of benzene rings is 1. The van der Waals surface area contributed by atoms with E-state index in [2.05, 4.69) is 31.1 Å². The van der Waals surface area contributed by atoms with Crippen LogP contribution < -0.4 is 10.6 Å². The Labute approximate surface area is 237 Å². The molecule has 0 aromatic heterocycles. The van der Waals surface area contributed by atoms with E-state index in [-0.39, 0.29) is 17.7 Å². The third kappa shape index (κ3) is 12.7. The number of hydrogen-bond donors (Lipinski definition) is 2. The number of amides is 3. The van der Waals surface area contributed by atoms with Crippen LogP contribution in [0.3, 0.4) is 0 Å². The molecule has 3 amide bonds. The van der Waals surface area contributed by atoms with E-state index >= 15 is 0 Å². The molecule has 0 aliphatic carbocycles. The number of rotatable bonds is 17. The van der Waals surface area contributed by atoms with Gasteiger partial charge >= 0.3 is 6.09 Å². The molecular formula is C32H53N3O4. The molecule has 7 nitrogen and oxygen atoms in total. The summed E-state index contributed by atoms with van der Waals surface area (Å²) in [7, 11) is 0. The highest BCUT2D eigenvalue weighted by molar-refractivity contribution is 5.92. The Hall–Kier alpha value is -2.83. The molecule has 2 unspecified atom stereocenters. The topological polar surface area (TPSA) is 87.7 Å². The van der Waals surface area contributed by atoms with Crippen LogP contribution in [-0.2, 0) is 14.3 Å². The van der Waals surface area contributed by atoms with Crippen LogP contribution in [0.4, 0.5) is 4.79 Å². The van der Waals surface area contributed by atoms with E-state index in [1.54, 1.807) is 31.7 Å². The third-order valence-corrected chi connectivity index (χ3v) is 6.49. The number of nitrogens with zero attached hydrogens (tertiary/aromatic N) is 1. The molecular weight excluding hydrogens is 490 g/mol. The average Bonchev–Trinajstić information content (AvgIpc) is 2.87. The fraction of sp³-hybridized carbons (Fsp3) is 0.656. The van der Waals surface area contributed by atoms with Crippen LogP contribution >= 0.6 is 0 Å². The molecule has 2 atom stereocenters. The zero-order valence-electron chi connectivity index (χ0n) is 25.5. The number of carbonyl (C=O) groups is 3. The van der Waals surface area contributed by atoms with Gasteiger partial charge in [0.15, 0.2) is 0 Å². The first kappa shape index (κ1) is 34.2. The summed E-state index contributed by atoms with van der Waals surface area (Å²) in [6.07, 6.45) is 9.21. The highest BCUT2D eigenvalue weighted by Gasteiger charge is 2.37. The Kier molecular flexibility index (Phi) is 15.5. The lowest BCUT2D eigenvalue weighted by molar-refractivity contribution is -0.143. The lowest BCUT2D eigenvalue weighted by Crippen LogP contribution is -2.55. The van der Waals surface area contributed by atoms with E-state index in [0.717, 1.165) is 56.1 Å². The van der Waals surface area contributed by atoms with Gasteiger partial charge < -0.3 is 20.3 Å². The van der Waals surface area contributed by atoms with Crippen LogP contribution in [0.1, 0.15) is 117 Å². The van der Waals surface area contributed by atoms with E-state index in [1.165, 1.54) is 6.42 Å². The maximum atomic E-state index is 14.2. The van der Waals surface area contributed by atoms with Crippen LogP contribution in [0.25, 0.3) is 6.08 Å². The first-order chi connectivity index (χ1) is 18.4. The van der Waals surface area contributed by atoms with Crippen molar-refractivity contribution in [2.24, 2.45) is 5.92 Å². The molecule has 220 valence electrons. The molecule has 0 spiro atoms. The van der Waals surface area contributed by atoms with Crippen molar-refractivity contribution in [2.75, 3.05) is 13.1 Å². The highest BCUT2D eigenvalue weighted by atomic mass is 16.6. The van der Waals surface area contributed by atoms with Gasteiger partial charge in [-0.05, 0) is 56.7 Å². The Morgan fingerprint density at radius 3 is 2.23 bits per heavy atom. The van der Waals surface area contributed by atoms with E-state index in [0.29, 0.717) is 13.1 Å². The van der Waals surface area contributed by atoms with Crippen molar-refractivity contribution < 1.29 is 19.1 Å². The van der Waals surface area contributed by atoms with Gasteiger partial charge in [-0.2, -0.15) is 0 Å². The number of nitrogens with one attached hydrogen (secondary N) is 2. The van der Waals surface area contributed by atoms with Gasteiger partial charge in [-0.3, -0.25) is 9.59 Å². The van der Waals surface area contributed by atoms with Crippen molar-refractivity contribution in [3.05, 3.63) is 42.0 Å². The van der Waals surface area contributed by atoms with E-state index in [1.807, 2.05) is 38.1 Å². The predicted octanol–water partition coefficient (Wildman–Crippen LogP) is 7.03. The standard InChI is InChI=1S/C32H53N3O4/c1-9-12-14-15-16-17-22-35(30(37)27(24(4)5)34-31(38)39-32(6,7)8)28(29(36)33-21-13-10-2)26-20-18-19-25(11-3)23-26/h11,18-20,23-24,27-28H,3,9-10,12-17,21-22H2,1-2,4-8H3,(H,33,36)(H,34,38). The lowest BCUT2D eigenvalue weighted by Gasteiger charge is -2.36. The molecule has 0 aliphatic heterocycles. The summed E-state index contributed by atoms with van der Waals surface area (Å²) < 4.78 is 5.46. The fourth-order valence-electron chi connectivity index (χ4n) is 4.37. The molecule has 0 saturated heterocycles. The molecule has 1 aromatic rings. The van der Waals surface area contributed by atoms with Gasteiger partial charge in [0.05, 0.1) is 0 Å². The van der Waals surface area contributed by atoms with Gasteiger partial charge in [0, 0.05) is 13.1 Å². The molecule has 39 heavy (non-hydrogen) atoms. The molecule has 1 aromatic carbocycles. The first-order valence-corrected chi connectivity index (χ1v) is 14.7. The summed E-state index contributed by atoms with van der Waals surface area (Å²) in [4.78, 5) is 42.3. The Bertz CT molecular complexity index is 907. The SMILES string of the molecule is C=Cc1cccc(C(C(=O)NCCCC)N(CCCCCCCC)C(=O)C(NC(=O)OC(C)(C)C)C(C)C)c1. The van der Waals surface area contributed by atoms with E-state index in [4.69, 9.17) is 4.74 Å². The second-order valence-electron chi connectivity index (χ2n) is 11.6.